The number of halogens is 1. The van der Waals surface area contributed by atoms with E-state index in [0.717, 1.165) is 22.6 Å². The highest BCUT2D eigenvalue weighted by molar-refractivity contribution is 5.65. The van der Waals surface area contributed by atoms with E-state index in [1.165, 1.54) is 12.1 Å². The number of benzene rings is 1. The smallest absolute Gasteiger partial charge is 0.148 e. The summed E-state index contributed by atoms with van der Waals surface area (Å²) < 4.78 is 14.6. The first-order valence-electron chi connectivity index (χ1n) is 8.61. The van der Waals surface area contributed by atoms with Crippen molar-refractivity contribution in [2.45, 2.75) is 12.5 Å². The summed E-state index contributed by atoms with van der Waals surface area (Å²) in [5, 5.41) is 7.49. The lowest BCUT2D eigenvalue weighted by molar-refractivity contribution is 0.173. The summed E-state index contributed by atoms with van der Waals surface area (Å²) >= 11 is 0. The molecule has 0 aliphatic carbocycles. The van der Waals surface area contributed by atoms with Crippen LogP contribution in [0.2, 0.25) is 0 Å². The second-order valence-corrected chi connectivity index (χ2v) is 6.22. The molecule has 142 valence electrons. The highest BCUT2D eigenvalue weighted by Gasteiger charge is 2.10. The molecule has 0 aliphatic rings. The van der Waals surface area contributed by atoms with Gasteiger partial charge < -0.3 is 11.1 Å². The van der Waals surface area contributed by atoms with E-state index in [9.17, 15) is 4.39 Å². The van der Waals surface area contributed by atoms with Gasteiger partial charge >= 0.3 is 0 Å². The van der Waals surface area contributed by atoms with Crippen molar-refractivity contribution in [2.24, 2.45) is 12.8 Å². The molecule has 0 fully saturated rings. The van der Waals surface area contributed by atoms with Crippen LogP contribution in [0.5, 0.6) is 0 Å². The van der Waals surface area contributed by atoms with Gasteiger partial charge in [-0.25, -0.2) is 14.9 Å². The summed E-state index contributed by atoms with van der Waals surface area (Å²) in [6, 6.07) is 11.8. The van der Waals surface area contributed by atoms with Crippen LogP contribution in [0.3, 0.4) is 0 Å². The quantitative estimate of drug-likeness (QED) is 0.528. The maximum absolute atomic E-state index is 12.9. The van der Waals surface area contributed by atoms with E-state index in [0.29, 0.717) is 18.8 Å². The molecule has 0 unspecified atom stereocenters. The van der Waals surface area contributed by atoms with E-state index in [1.807, 2.05) is 32.3 Å². The van der Waals surface area contributed by atoms with Crippen molar-refractivity contribution in [3.05, 3.63) is 60.0 Å². The molecule has 7 nitrogen and oxygen atoms in total. The van der Waals surface area contributed by atoms with Crippen LogP contribution in [0.4, 0.5) is 16.0 Å². The van der Waals surface area contributed by atoms with Crippen molar-refractivity contribution >= 4 is 11.6 Å². The molecule has 1 atom stereocenters. The Morgan fingerprint density at radius 3 is 2.74 bits per heavy atom. The number of nitrogens with two attached hydrogens (primary N) is 1. The maximum atomic E-state index is 12.9. The molecule has 0 spiro atoms. The first-order chi connectivity index (χ1) is 13.0. The third-order valence-electron chi connectivity index (χ3n) is 4.08. The Kier molecular flexibility index (Phi) is 6.00. The van der Waals surface area contributed by atoms with E-state index in [4.69, 9.17) is 10.6 Å². The highest BCUT2D eigenvalue weighted by Crippen LogP contribution is 2.22. The zero-order valence-corrected chi connectivity index (χ0v) is 15.3. The van der Waals surface area contributed by atoms with Crippen LogP contribution in [0.15, 0.2) is 48.7 Å². The zero-order chi connectivity index (χ0) is 19.2. The van der Waals surface area contributed by atoms with Crippen molar-refractivity contribution < 1.29 is 9.23 Å². The van der Waals surface area contributed by atoms with E-state index in [1.54, 1.807) is 23.0 Å². The van der Waals surface area contributed by atoms with Crippen LogP contribution in [0.1, 0.15) is 5.56 Å². The summed E-state index contributed by atoms with van der Waals surface area (Å²) in [6.07, 6.45) is 2.33. The van der Waals surface area contributed by atoms with Gasteiger partial charge in [0.05, 0.1) is 12.3 Å². The standard InChI is InChI=1S/C19H23FN6O/c1-22-18-10-14(7-8-23-18)17-11-19(26(2)24-17)25-27-12-16(21)9-13-3-5-15(20)6-4-13/h3-8,10-11,16,25H,9,12,21H2,1-2H3,(H,22,23)/t16-/m0/s1. The molecule has 0 bridgehead atoms. The summed E-state index contributed by atoms with van der Waals surface area (Å²) in [7, 11) is 3.65. The second kappa shape index (κ2) is 8.61. The molecule has 3 aromatic rings. The van der Waals surface area contributed by atoms with Crippen LogP contribution >= 0.6 is 0 Å². The van der Waals surface area contributed by atoms with Gasteiger partial charge in [0.15, 0.2) is 0 Å². The molecule has 0 aliphatic heterocycles. The van der Waals surface area contributed by atoms with Gasteiger partial charge in [0.2, 0.25) is 0 Å². The Bertz CT molecular complexity index is 880. The maximum Gasteiger partial charge on any atom is 0.148 e. The van der Waals surface area contributed by atoms with Gasteiger partial charge in [-0.05, 0) is 36.2 Å². The van der Waals surface area contributed by atoms with Crippen LogP contribution in [0, 0.1) is 5.82 Å². The third kappa shape index (κ3) is 5.02. The SMILES string of the molecule is CNc1cc(-c2cc(NOC[C@@H](N)Cc3ccc(F)cc3)n(C)n2)ccn1. The summed E-state index contributed by atoms with van der Waals surface area (Å²) in [6.45, 7) is 0.303. The van der Waals surface area contributed by atoms with Crippen LogP contribution in [0.25, 0.3) is 11.3 Å². The lowest BCUT2D eigenvalue weighted by atomic mass is 10.1. The van der Waals surface area contributed by atoms with Gasteiger partial charge in [-0.15, -0.1) is 0 Å². The predicted octanol–water partition coefficient (Wildman–Crippen LogP) is 2.58. The Labute approximate surface area is 157 Å². The van der Waals surface area contributed by atoms with Gasteiger partial charge in [-0.2, -0.15) is 5.10 Å². The molecule has 2 heterocycles. The Morgan fingerprint density at radius 2 is 2.00 bits per heavy atom. The lowest BCUT2D eigenvalue weighted by Crippen LogP contribution is -2.30. The molecule has 0 saturated carbocycles. The lowest BCUT2D eigenvalue weighted by Gasteiger charge is -2.13. The molecule has 0 saturated heterocycles. The number of hydrogen-bond donors (Lipinski definition) is 3. The average molecular weight is 370 g/mol. The zero-order valence-electron chi connectivity index (χ0n) is 15.3. The summed E-state index contributed by atoms with van der Waals surface area (Å²) in [4.78, 5) is 9.72. The van der Waals surface area contributed by atoms with Gasteiger partial charge in [0.25, 0.3) is 0 Å². The largest absolute Gasteiger partial charge is 0.373 e. The topological polar surface area (TPSA) is 90.0 Å². The number of aryl methyl sites for hydroxylation is 1. The van der Waals surface area contributed by atoms with Crippen molar-refractivity contribution in [3.8, 4) is 11.3 Å². The molecule has 8 heteroatoms. The minimum absolute atomic E-state index is 0.214. The molecule has 2 aromatic heterocycles. The van der Waals surface area contributed by atoms with Gasteiger partial charge in [0.1, 0.15) is 17.5 Å². The predicted molar refractivity (Wildman–Crippen MR) is 104 cm³/mol. The first kappa shape index (κ1) is 18.8. The second-order valence-electron chi connectivity index (χ2n) is 6.22. The van der Waals surface area contributed by atoms with E-state index < -0.39 is 0 Å². The fourth-order valence-electron chi connectivity index (χ4n) is 2.64. The highest BCUT2D eigenvalue weighted by atomic mass is 19.1. The van der Waals surface area contributed by atoms with Gasteiger partial charge in [0, 0.05) is 38.0 Å². The number of hydrogen-bond acceptors (Lipinski definition) is 6. The molecule has 0 radical (unpaired) electrons. The molecular formula is C19H23FN6O. The van der Waals surface area contributed by atoms with Crippen molar-refractivity contribution in [3.63, 3.8) is 0 Å². The Balaban J connectivity index is 1.55. The number of nitrogens with one attached hydrogen (secondary N) is 2. The fraction of sp³-hybridized carbons (Fsp3) is 0.263. The summed E-state index contributed by atoms with van der Waals surface area (Å²) in [5.41, 5.74) is 11.7. The van der Waals surface area contributed by atoms with E-state index in [2.05, 4.69) is 20.9 Å². The number of anilines is 2. The molecule has 1 aromatic carbocycles. The van der Waals surface area contributed by atoms with Crippen LogP contribution in [-0.4, -0.2) is 34.5 Å². The van der Waals surface area contributed by atoms with Crippen molar-refractivity contribution in [1.82, 2.24) is 14.8 Å². The van der Waals surface area contributed by atoms with E-state index >= 15 is 0 Å². The van der Waals surface area contributed by atoms with Crippen LogP contribution in [-0.2, 0) is 18.3 Å². The van der Waals surface area contributed by atoms with E-state index in [-0.39, 0.29) is 11.9 Å². The number of aromatic nitrogens is 3. The molecule has 27 heavy (non-hydrogen) atoms. The molecular weight excluding hydrogens is 347 g/mol. The normalized spacial score (nSPS) is 12.0. The van der Waals surface area contributed by atoms with Crippen molar-refractivity contribution in [1.29, 1.82) is 0 Å². The Hall–Kier alpha value is -2.97. The molecule has 0 amide bonds. The number of rotatable bonds is 8. The molecule has 4 N–H and O–H groups in total. The third-order valence-corrected chi connectivity index (χ3v) is 4.08. The number of pyridine rings is 1. The monoisotopic (exact) mass is 370 g/mol. The minimum atomic E-state index is -0.256. The van der Waals surface area contributed by atoms with Crippen molar-refractivity contribution in [2.75, 3.05) is 24.5 Å². The average Bonchev–Trinajstić information content (AvgIpc) is 3.04. The minimum Gasteiger partial charge on any atom is -0.373 e. The fourth-order valence-corrected chi connectivity index (χ4v) is 2.64. The first-order valence-corrected chi connectivity index (χ1v) is 8.61. The number of nitrogens with zero attached hydrogens (tertiary/aromatic N) is 3. The van der Waals surface area contributed by atoms with Gasteiger partial charge in [-0.1, -0.05) is 12.1 Å². The van der Waals surface area contributed by atoms with Crippen LogP contribution < -0.4 is 16.5 Å². The summed E-state index contributed by atoms with van der Waals surface area (Å²) in [5.74, 6) is 1.23. The van der Waals surface area contributed by atoms with Gasteiger partial charge in [-0.3, -0.25) is 9.52 Å². The Morgan fingerprint density at radius 1 is 1.22 bits per heavy atom. The molecule has 3 rings (SSSR count).